The summed E-state index contributed by atoms with van der Waals surface area (Å²) in [5.74, 6) is 0.385. The van der Waals surface area contributed by atoms with Crippen LogP contribution >= 0.6 is 0 Å². The fraction of sp³-hybridized carbons (Fsp3) is 0.812. The highest BCUT2D eigenvalue weighted by Crippen LogP contribution is 2.70. The van der Waals surface area contributed by atoms with Crippen LogP contribution in [0.4, 0.5) is 0 Å². The molecule has 3 aliphatic rings. The van der Waals surface area contributed by atoms with E-state index in [2.05, 4.69) is 13.8 Å². The van der Waals surface area contributed by atoms with Crippen molar-refractivity contribution in [3.63, 3.8) is 0 Å². The molecule has 0 aromatic carbocycles. The van der Waals surface area contributed by atoms with Crippen LogP contribution < -0.4 is 0 Å². The van der Waals surface area contributed by atoms with Crippen LogP contribution in [0.15, 0.2) is 11.1 Å². The first-order valence-corrected chi connectivity index (χ1v) is 9.36. The van der Waals surface area contributed by atoms with Gasteiger partial charge in [-0.25, -0.2) is 12.7 Å². The van der Waals surface area contributed by atoms with Gasteiger partial charge in [-0.3, -0.25) is 4.79 Å². The average molecular weight is 311 g/mol. The second-order valence-electron chi connectivity index (χ2n) is 7.85. The summed E-state index contributed by atoms with van der Waals surface area (Å²) >= 11 is 0. The van der Waals surface area contributed by atoms with E-state index in [9.17, 15) is 13.2 Å². The van der Waals surface area contributed by atoms with Crippen molar-refractivity contribution in [2.75, 3.05) is 5.75 Å². The van der Waals surface area contributed by atoms with E-state index in [1.165, 1.54) is 4.31 Å². The normalized spacial score (nSPS) is 38.4. The van der Waals surface area contributed by atoms with Crippen molar-refractivity contribution >= 4 is 15.9 Å². The van der Waals surface area contributed by atoms with Crippen LogP contribution in [0, 0.1) is 16.7 Å². The summed E-state index contributed by atoms with van der Waals surface area (Å²) in [4.78, 5) is 12.7. The molecule has 1 amide bonds. The maximum Gasteiger partial charge on any atom is 0.263 e. The molecule has 118 valence electrons. The Morgan fingerprint density at radius 1 is 1.19 bits per heavy atom. The van der Waals surface area contributed by atoms with E-state index in [4.69, 9.17) is 0 Å². The van der Waals surface area contributed by atoms with Crippen molar-refractivity contribution in [1.82, 2.24) is 4.31 Å². The lowest BCUT2D eigenvalue weighted by atomic mass is 9.69. The number of hydrogen-bond acceptors (Lipinski definition) is 3. The fourth-order valence-corrected chi connectivity index (χ4v) is 7.50. The van der Waals surface area contributed by atoms with E-state index >= 15 is 0 Å². The van der Waals surface area contributed by atoms with Gasteiger partial charge < -0.3 is 0 Å². The lowest BCUT2D eigenvalue weighted by molar-refractivity contribution is -0.125. The van der Waals surface area contributed by atoms with Crippen LogP contribution in [-0.4, -0.2) is 30.4 Å². The standard InChI is InChI=1S/C16H25NO3S/c1-10(2)11(3)14(18)17-13-8-12-6-7-16(13,15(12,4)5)9-21(17,19)20/h12-13H,6-9H2,1-5H3/t12-,13-,16-/m1/s1. The van der Waals surface area contributed by atoms with Gasteiger partial charge in [0.25, 0.3) is 5.91 Å². The van der Waals surface area contributed by atoms with Crippen molar-refractivity contribution < 1.29 is 13.2 Å². The lowest BCUT2D eigenvalue weighted by Gasteiger charge is -2.37. The molecule has 0 radical (unpaired) electrons. The third-order valence-electron chi connectivity index (χ3n) is 6.68. The van der Waals surface area contributed by atoms with Gasteiger partial charge in [0.2, 0.25) is 10.0 Å². The van der Waals surface area contributed by atoms with E-state index in [0.717, 1.165) is 24.8 Å². The van der Waals surface area contributed by atoms with Crippen molar-refractivity contribution in [2.24, 2.45) is 16.7 Å². The van der Waals surface area contributed by atoms with Gasteiger partial charge in [0.15, 0.2) is 0 Å². The summed E-state index contributed by atoms with van der Waals surface area (Å²) in [5, 5.41) is 0. The molecule has 5 heteroatoms. The number of nitrogens with zero attached hydrogens (tertiary/aromatic N) is 1. The number of allylic oxidation sites excluding steroid dienone is 1. The second kappa shape index (κ2) is 4.12. The Balaban J connectivity index is 2.09. The molecule has 3 atom stereocenters. The van der Waals surface area contributed by atoms with Crippen molar-refractivity contribution in [3.8, 4) is 0 Å². The monoisotopic (exact) mass is 311 g/mol. The quantitative estimate of drug-likeness (QED) is 0.700. The average Bonchev–Trinajstić information content (AvgIpc) is 2.83. The zero-order valence-electron chi connectivity index (χ0n) is 13.6. The van der Waals surface area contributed by atoms with Crippen molar-refractivity contribution in [1.29, 1.82) is 0 Å². The number of fused-ring (bicyclic) bond motifs is 1. The molecule has 1 aliphatic heterocycles. The molecule has 0 N–H and O–H groups in total. The van der Waals surface area contributed by atoms with E-state index < -0.39 is 10.0 Å². The van der Waals surface area contributed by atoms with E-state index in [1.54, 1.807) is 6.92 Å². The largest absolute Gasteiger partial charge is 0.268 e. The van der Waals surface area contributed by atoms with Crippen molar-refractivity contribution in [3.05, 3.63) is 11.1 Å². The van der Waals surface area contributed by atoms with E-state index in [0.29, 0.717) is 11.5 Å². The predicted molar refractivity (Wildman–Crippen MR) is 82.0 cm³/mol. The van der Waals surface area contributed by atoms with Gasteiger partial charge in [-0.1, -0.05) is 19.4 Å². The Morgan fingerprint density at radius 3 is 2.33 bits per heavy atom. The number of rotatable bonds is 1. The van der Waals surface area contributed by atoms with Gasteiger partial charge in [0.1, 0.15) is 0 Å². The molecule has 0 unspecified atom stereocenters. The minimum Gasteiger partial charge on any atom is -0.268 e. The summed E-state index contributed by atoms with van der Waals surface area (Å²) < 4.78 is 26.6. The Kier molecular flexibility index (Phi) is 2.96. The minimum atomic E-state index is -3.49. The second-order valence-corrected chi connectivity index (χ2v) is 9.69. The van der Waals surface area contributed by atoms with Gasteiger partial charge in [0, 0.05) is 11.0 Å². The molecule has 21 heavy (non-hydrogen) atoms. The molecule has 1 spiro atoms. The van der Waals surface area contributed by atoms with Crippen LogP contribution in [0.5, 0.6) is 0 Å². The number of carbonyl (C=O) groups is 1. The molecule has 3 fully saturated rings. The molecule has 0 aromatic heterocycles. The molecule has 1 heterocycles. The highest BCUT2D eigenvalue weighted by molar-refractivity contribution is 7.90. The SMILES string of the molecule is CC(C)=C(C)C(=O)N1[C@@H]2C[C@H]3CC[C@]2(CS1(=O)=O)C3(C)C. The van der Waals surface area contributed by atoms with E-state index in [-0.39, 0.29) is 28.5 Å². The maximum absolute atomic E-state index is 12.7. The van der Waals surface area contributed by atoms with Crippen LogP contribution in [0.25, 0.3) is 0 Å². The van der Waals surface area contributed by atoms with Gasteiger partial charge in [-0.2, -0.15) is 0 Å². The fourth-order valence-electron chi connectivity index (χ4n) is 4.94. The Bertz CT molecular complexity index is 642. The molecule has 3 rings (SSSR count). The molecule has 4 nitrogen and oxygen atoms in total. The first kappa shape index (κ1) is 15.1. The van der Waals surface area contributed by atoms with Crippen LogP contribution in [-0.2, 0) is 14.8 Å². The summed E-state index contributed by atoms with van der Waals surface area (Å²) in [6.07, 6.45) is 2.88. The third-order valence-corrected chi connectivity index (χ3v) is 8.58. The highest BCUT2D eigenvalue weighted by Gasteiger charge is 2.72. The lowest BCUT2D eigenvalue weighted by Crippen LogP contribution is -2.44. The number of carbonyl (C=O) groups excluding carboxylic acids is 1. The molecule has 2 bridgehead atoms. The third kappa shape index (κ3) is 1.67. The summed E-state index contributed by atoms with van der Waals surface area (Å²) in [7, 11) is -3.49. The Hall–Kier alpha value is -0.840. The molecular weight excluding hydrogens is 286 g/mol. The van der Waals surface area contributed by atoms with Gasteiger partial charge in [-0.15, -0.1) is 0 Å². The summed E-state index contributed by atoms with van der Waals surface area (Å²) in [6, 6.07) is -0.127. The number of amides is 1. The molecule has 1 saturated heterocycles. The minimum absolute atomic E-state index is 0.0125. The highest BCUT2D eigenvalue weighted by atomic mass is 32.2. The smallest absolute Gasteiger partial charge is 0.263 e. The Labute approximate surface area is 127 Å². The zero-order chi connectivity index (χ0) is 15.8. The molecule has 2 aliphatic carbocycles. The Morgan fingerprint density at radius 2 is 1.81 bits per heavy atom. The maximum atomic E-state index is 12.7. The predicted octanol–water partition coefficient (Wildman–Crippen LogP) is 2.71. The zero-order valence-corrected chi connectivity index (χ0v) is 14.4. The van der Waals surface area contributed by atoms with Gasteiger partial charge >= 0.3 is 0 Å². The topological polar surface area (TPSA) is 54.5 Å². The summed E-state index contributed by atoms with van der Waals surface area (Å²) in [6.45, 7) is 9.84. The van der Waals surface area contributed by atoms with Crippen LogP contribution in [0.2, 0.25) is 0 Å². The first-order valence-electron chi connectivity index (χ1n) is 7.75. The van der Waals surface area contributed by atoms with Gasteiger partial charge in [0.05, 0.1) is 11.8 Å². The van der Waals surface area contributed by atoms with Gasteiger partial charge in [-0.05, 0) is 51.4 Å². The molecule has 2 saturated carbocycles. The van der Waals surface area contributed by atoms with Crippen molar-refractivity contribution in [2.45, 2.75) is 59.9 Å². The summed E-state index contributed by atoms with van der Waals surface area (Å²) in [5.41, 5.74) is 1.24. The number of sulfonamides is 1. The van der Waals surface area contributed by atoms with E-state index in [1.807, 2.05) is 13.8 Å². The number of hydrogen-bond donors (Lipinski definition) is 0. The molecular formula is C16H25NO3S. The van der Waals surface area contributed by atoms with Crippen LogP contribution in [0.1, 0.15) is 53.9 Å². The van der Waals surface area contributed by atoms with Crippen LogP contribution in [0.3, 0.4) is 0 Å². The first-order chi connectivity index (χ1) is 9.54. The molecule has 0 aromatic rings.